The Hall–Kier alpha value is -1.50. The number of hydrogen-bond donors (Lipinski definition) is 1. The molecule has 0 fully saturated rings. The standard InChI is InChI=1S/C17H26N2O/c1-4-5-6-12-19(2)14-16-13-15(8-7-11-18)9-10-17(16)20-3/h9-10,13H,4-6,11-12,14,18H2,1-3H3. The number of unbranched alkanes of at least 4 members (excludes halogenated alkanes) is 2. The topological polar surface area (TPSA) is 38.5 Å². The number of nitrogens with zero attached hydrogens (tertiary/aromatic N) is 1. The van der Waals surface area contributed by atoms with E-state index >= 15 is 0 Å². The molecule has 0 aliphatic carbocycles. The van der Waals surface area contributed by atoms with Crippen LogP contribution in [0.3, 0.4) is 0 Å². The van der Waals surface area contributed by atoms with Crippen LogP contribution in [-0.2, 0) is 6.54 Å². The van der Waals surface area contributed by atoms with Crippen molar-refractivity contribution in [2.75, 3.05) is 27.2 Å². The molecule has 0 bridgehead atoms. The van der Waals surface area contributed by atoms with E-state index < -0.39 is 0 Å². The van der Waals surface area contributed by atoms with Crippen LogP contribution >= 0.6 is 0 Å². The maximum Gasteiger partial charge on any atom is 0.123 e. The summed E-state index contributed by atoms with van der Waals surface area (Å²) in [5, 5.41) is 0. The van der Waals surface area contributed by atoms with Gasteiger partial charge < -0.3 is 15.4 Å². The third-order valence-electron chi connectivity index (χ3n) is 3.20. The summed E-state index contributed by atoms with van der Waals surface area (Å²) in [5.41, 5.74) is 7.58. The summed E-state index contributed by atoms with van der Waals surface area (Å²) in [6, 6.07) is 6.05. The van der Waals surface area contributed by atoms with Gasteiger partial charge in [0, 0.05) is 17.7 Å². The van der Waals surface area contributed by atoms with Crippen LogP contribution < -0.4 is 10.5 Å². The van der Waals surface area contributed by atoms with E-state index in [9.17, 15) is 0 Å². The Morgan fingerprint density at radius 2 is 2.10 bits per heavy atom. The van der Waals surface area contributed by atoms with Gasteiger partial charge in [-0.3, -0.25) is 0 Å². The van der Waals surface area contributed by atoms with E-state index in [1.807, 2.05) is 12.1 Å². The molecule has 1 rings (SSSR count). The molecule has 0 saturated heterocycles. The summed E-state index contributed by atoms with van der Waals surface area (Å²) < 4.78 is 5.43. The molecule has 1 aromatic rings. The first-order valence-corrected chi connectivity index (χ1v) is 7.25. The molecule has 0 aromatic heterocycles. The third kappa shape index (κ3) is 5.64. The average molecular weight is 274 g/mol. The highest BCUT2D eigenvalue weighted by atomic mass is 16.5. The summed E-state index contributed by atoms with van der Waals surface area (Å²) in [6.45, 7) is 4.60. The maximum absolute atomic E-state index is 5.43. The minimum absolute atomic E-state index is 0.387. The molecule has 0 saturated carbocycles. The summed E-state index contributed by atoms with van der Waals surface area (Å²) in [7, 11) is 3.86. The Balaban J connectivity index is 2.74. The van der Waals surface area contributed by atoms with Crippen molar-refractivity contribution in [2.24, 2.45) is 5.73 Å². The Morgan fingerprint density at radius 1 is 1.30 bits per heavy atom. The van der Waals surface area contributed by atoms with Gasteiger partial charge in [-0.05, 0) is 38.2 Å². The largest absolute Gasteiger partial charge is 0.496 e. The van der Waals surface area contributed by atoms with Gasteiger partial charge in [0.2, 0.25) is 0 Å². The van der Waals surface area contributed by atoms with Gasteiger partial charge in [0.25, 0.3) is 0 Å². The van der Waals surface area contributed by atoms with Gasteiger partial charge in [0.05, 0.1) is 13.7 Å². The van der Waals surface area contributed by atoms with Crippen LogP contribution in [0.5, 0.6) is 5.75 Å². The van der Waals surface area contributed by atoms with Crippen LogP contribution in [-0.4, -0.2) is 32.1 Å². The fraction of sp³-hybridized carbons (Fsp3) is 0.529. The highest BCUT2D eigenvalue weighted by molar-refractivity contribution is 5.44. The highest BCUT2D eigenvalue weighted by Gasteiger charge is 2.07. The number of nitrogens with two attached hydrogens (primary N) is 1. The first kappa shape index (κ1) is 16.6. The van der Waals surface area contributed by atoms with Gasteiger partial charge in [0.1, 0.15) is 5.75 Å². The molecule has 0 radical (unpaired) electrons. The SMILES string of the molecule is CCCCCN(C)Cc1cc(C#CCN)ccc1OC. The number of rotatable bonds is 7. The molecule has 1 aromatic carbocycles. The van der Waals surface area contributed by atoms with Gasteiger partial charge in [-0.25, -0.2) is 0 Å². The molecule has 0 atom stereocenters. The molecule has 0 heterocycles. The lowest BCUT2D eigenvalue weighted by Gasteiger charge is -2.18. The van der Waals surface area contributed by atoms with Crippen LogP contribution in [0.25, 0.3) is 0 Å². The van der Waals surface area contributed by atoms with E-state index in [0.717, 1.165) is 24.4 Å². The Kier molecular flexibility index (Phi) is 7.79. The first-order chi connectivity index (χ1) is 9.71. The minimum Gasteiger partial charge on any atom is -0.496 e. The van der Waals surface area contributed by atoms with Crippen molar-refractivity contribution in [3.63, 3.8) is 0 Å². The van der Waals surface area contributed by atoms with Crippen molar-refractivity contribution in [2.45, 2.75) is 32.7 Å². The molecule has 0 spiro atoms. The first-order valence-electron chi connectivity index (χ1n) is 7.25. The van der Waals surface area contributed by atoms with Crippen LogP contribution in [0.4, 0.5) is 0 Å². The van der Waals surface area contributed by atoms with Gasteiger partial charge in [-0.2, -0.15) is 0 Å². The van der Waals surface area contributed by atoms with E-state index in [0.29, 0.717) is 6.54 Å². The molecule has 3 nitrogen and oxygen atoms in total. The molecular formula is C17H26N2O. The van der Waals surface area contributed by atoms with Crippen LogP contribution in [0.15, 0.2) is 18.2 Å². The lowest BCUT2D eigenvalue weighted by Crippen LogP contribution is -2.19. The maximum atomic E-state index is 5.43. The smallest absolute Gasteiger partial charge is 0.123 e. The predicted molar refractivity (Wildman–Crippen MR) is 84.8 cm³/mol. The quantitative estimate of drug-likeness (QED) is 0.613. The van der Waals surface area contributed by atoms with Crippen molar-refractivity contribution in [1.29, 1.82) is 0 Å². The van der Waals surface area contributed by atoms with Gasteiger partial charge in [-0.1, -0.05) is 31.6 Å². The van der Waals surface area contributed by atoms with Crippen molar-refractivity contribution < 1.29 is 4.74 Å². The molecule has 3 heteroatoms. The zero-order valence-corrected chi connectivity index (χ0v) is 12.9. The number of ether oxygens (including phenoxy) is 1. The zero-order valence-electron chi connectivity index (χ0n) is 12.9. The van der Waals surface area contributed by atoms with Crippen LogP contribution in [0, 0.1) is 11.8 Å². The van der Waals surface area contributed by atoms with Crippen molar-refractivity contribution in [3.05, 3.63) is 29.3 Å². The summed E-state index contributed by atoms with van der Waals surface area (Å²) >= 11 is 0. The van der Waals surface area contributed by atoms with Crippen LogP contribution in [0.2, 0.25) is 0 Å². The minimum atomic E-state index is 0.387. The fourth-order valence-corrected chi connectivity index (χ4v) is 2.13. The van der Waals surface area contributed by atoms with E-state index in [1.54, 1.807) is 7.11 Å². The van der Waals surface area contributed by atoms with E-state index in [-0.39, 0.29) is 0 Å². The van der Waals surface area contributed by atoms with E-state index in [2.05, 4.69) is 36.8 Å². The van der Waals surface area contributed by atoms with Crippen molar-refractivity contribution in [3.8, 4) is 17.6 Å². The predicted octanol–water partition coefficient (Wildman–Crippen LogP) is 2.63. The number of benzene rings is 1. The Labute approximate surface area is 123 Å². The Morgan fingerprint density at radius 3 is 2.75 bits per heavy atom. The molecule has 20 heavy (non-hydrogen) atoms. The molecule has 110 valence electrons. The highest BCUT2D eigenvalue weighted by Crippen LogP contribution is 2.21. The molecular weight excluding hydrogens is 248 g/mol. The van der Waals surface area contributed by atoms with Crippen LogP contribution in [0.1, 0.15) is 37.3 Å². The van der Waals surface area contributed by atoms with Gasteiger partial charge in [-0.15, -0.1) is 0 Å². The van der Waals surface area contributed by atoms with E-state index in [4.69, 9.17) is 10.5 Å². The van der Waals surface area contributed by atoms with E-state index in [1.165, 1.54) is 24.8 Å². The third-order valence-corrected chi connectivity index (χ3v) is 3.20. The lowest BCUT2D eigenvalue weighted by molar-refractivity contribution is 0.310. The molecule has 2 N–H and O–H groups in total. The molecule has 0 aliphatic rings. The molecule has 0 aliphatic heterocycles. The average Bonchev–Trinajstić information content (AvgIpc) is 2.45. The second-order valence-corrected chi connectivity index (χ2v) is 4.98. The Bertz CT molecular complexity index is 460. The van der Waals surface area contributed by atoms with Crippen molar-refractivity contribution >= 4 is 0 Å². The molecule has 0 unspecified atom stereocenters. The monoisotopic (exact) mass is 274 g/mol. The van der Waals surface area contributed by atoms with Crippen molar-refractivity contribution in [1.82, 2.24) is 4.90 Å². The molecule has 0 amide bonds. The van der Waals surface area contributed by atoms with Gasteiger partial charge >= 0.3 is 0 Å². The lowest BCUT2D eigenvalue weighted by atomic mass is 10.1. The summed E-state index contributed by atoms with van der Waals surface area (Å²) in [5.74, 6) is 6.88. The number of hydrogen-bond acceptors (Lipinski definition) is 3. The zero-order chi connectivity index (χ0) is 14.8. The normalized spacial score (nSPS) is 10.2. The summed E-state index contributed by atoms with van der Waals surface area (Å²) in [6.07, 6.45) is 3.77. The number of methoxy groups -OCH3 is 1. The van der Waals surface area contributed by atoms with Gasteiger partial charge in [0.15, 0.2) is 0 Å². The summed E-state index contributed by atoms with van der Waals surface area (Å²) in [4.78, 5) is 2.33. The fourth-order valence-electron chi connectivity index (χ4n) is 2.13. The second-order valence-electron chi connectivity index (χ2n) is 4.98. The second kappa shape index (κ2) is 9.41.